The van der Waals surface area contributed by atoms with Gasteiger partial charge in [0.05, 0.1) is 13.2 Å². The van der Waals surface area contributed by atoms with E-state index in [2.05, 4.69) is 18.2 Å². The van der Waals surface area contributed by atoms with Crippen LogP contribution < -0.4 is 0 Å². The van der Waals surface area contributed by atoms with Gasteiger partial charge in [0.15, 0.2) is 0 Å². The molecule has 1 rings (SSSR count). The molecule has 1 aliphatic heterocycles. The van der Waals surface area contributed by atoms with Crippen LogP contribution in [0.5, 0.6) is 0 Å². The van der Waals surface area contributed by atoms with Gasteiger partial charge in [0.2, 0.25) is 0 Å². The lowest BCUT2D eigenvalue weighted by atomic mass is 10.2. The van der Waals surface area contributed by atoms with E-state index in [0.29, 0.717) is 0 Å². The minimum atomic E-state index is -1.75. The highest BCUT2D eigenvalue weighted by atomic mass is 28.4. The van der Waals surface area contributed by atoms with E-state index in [4.69, 9.17) is 14.0 Å². The summed E-state index contributed by atoms with van der Waals surface area (Å²) in [4.78, 5) is 0. The molecule has 0 aromatic rings. The third-order valence-corrected chi connectivity index (χ3v) is 5.94. The second-order valence-electron chi connectivity index (χ2n) is 4.49. The molecule has 5 heteroatoms. The Hall–Kier alpha value is 0.0569. The molecule has 0 radical (unpaired) electrons. The number of aliphatic hydroxyl groups excluding tert-OH is 1. The molecule has 1 heterocycles. The molecule has 17 heavy (non-hydrogen) atoms. The largest absolute Gasteiger partial charge is 0.398 e. The Morgan fingerprint density at radius 2 is 1.82 bits per heavy atom. The molecular weight excluding hydrogens is 236 g/mol. The summed E-state index contributed by atoms with van der Waals surface area (Å²) in [5, 5.41) is 8.08. The van der Waals surface area contributed by atoms with Crippen LogP contribution in [-0.2, 0) is 13.6 Å². The van der Waals surface area contributed by atoms with E-state index in [9.17, 15) is 0 Å². The van der Waals surface area contributed by atoms with Crippen LogP contribution in [0.25, 0.3) is 0 Å². The van der Waals surface area contributed by atoms with Gasteiger partial charge in [-0.2, -0.15) is 0 Å². The van der Waals surface area contributed by atoms with Crippen molar-refractivity contribution in [3.63, 3.8) is 0 Å². The van der Waals surface area contributed by atoms with Gasteiger partial charge in [0.25, 0.3) is 0 Å². The Kier molecular flexibility index (Phi) is 10.1. The van der Waals surface area contributed by atoms with E-state index < -0.39 is 8.56 Å². The molecule has 1 atom stereocenters. The molecular formula is C12H28O4Si. The number of aliphatic hydroxyl groups is 1. The average Bonchev–Trinajstić information content (AvgIpc) is 3.19. The molecule has 0 aromatic carbocycles. The summed E-state index contributed by atoms with van der Waals surface area (Å²) in [5.41, 5.74) is 0. The molecule has 1 N–H and O–H groups in total. The Bertz CT molecular complexity index is 170. The molecule has 0 spiro atoms. The van der Waals surface area contributed by atoms with Crippen LogP contribution in [0.3, 0.4) is 0 Å². The quantitative estimate of drug-likeness (QED) is 0.415. The van der Waals surface area contributed by atoms with Crippen molar-refractivity contribution in [2.75, 3.05) is 27.4 Å². The number of hydrogen-bond acceptors (Lipinski definition) is 4. The van der Waals surface area contributed by atoms with Crippen molar-refractivity contribution in [3.05, 3.63) is 0 Å². The van der Waals surface area contributed by atoms with Crippen LogP contribution in [-0.4, -0.2) is 47.2 Å². The van der Waals surface area contributed by atoms with Gasteiger partial charge in [-0.05, 0) is 12.6 Å². The van der Waals surface area contributed by atoms with E-state index in [1.165, 1.54) is 25.7 Å². The van der Waals surface area contributed by atoms with E-state index in [1.54, 1.807) is 14.2 Å². The van der Waals surface area contributed by atoms with Gasteiger partial charge in [0, 0.05) is 14.2 Å². The first-order valence-electron chi connectivity index (χ1n) is 6.44. The monoisotopic (exact) mass is 264 g/mol. The second-order valence-corrected chi connectivity index (χ2v) is 8.07. The minimum Gasteiger partial charge on any atom is -0.398 e. The van der Waals surface area contributed by atoms with Gasteiger partial charge < -0.3 is 18.7 Å². The Morgan fingerprint density at radius 1 is 1.24 bits per heavy atom. The van der Waals surface area contributed by atoms with E-state index in [-0.39, 0.29) is 12.7 Å². The molecule has 0 aliphatic carbocycles. The fourth-order valence-electron chi connectivity index (χ4n) is 1.33. The predicted octanol–water partition coefficient (Wildman–Crippen LogP) is 2.31. The van der Waals surface area contributed by atoms with Crippen LogP contribution in [0.15, 0.2) is 0 Å². The van der Waals surface area contributed by atoms with Crippen LogP contribution in [0.2, 0.25) is 12.6 Å². The van der Waals surface area contributed by atoms with Crippen molar-refractivity contribution >= 4 is 8.56 Å². The predicted molar refractivity (Wildman–Crippen MR) is 71.4 cm³/mol. The highest BCUT2D eigenvalue weighted by Crippen LogP contribution is 2.16. The molecule has 4 nitrogen and oxygen atoms in total. The molecule has 0 saturated carbocycles. The molecule has 104 valence electrons. The summed E-state index contributed by atoms with van der Waals surface area (Å²) in [7, 11) is 1.77. The summed E-state index contributed by atoms with van der Waals surface area (Å²) in [6.07, 6.45) is 5.37. The van der Waals surface area contributed by atoms with Crippen molar-refractivity contribution in [1.82, 2.24) is 0 Å². The lowest BCUT2D eigenvalue weighted by Gasteiger charge is -2.22. The van der Waals surface area contributed by atoms with E-state index in [0.717, 1.165) is 12.7 Å². The Labute approximate surface area is 107 Å². The lowest BCUT2D eigenvalue weighted by Crippen LogP contribution is -2.35. The zero-order valence-electron chi connectivity index (χ0n) is 11.7. The Morgan fingerprint density at radius 3 is 2.12 bits per heavy atom. The van der Waals surface area contributed by atoms with Gasteiger partial charge >= 0.3 is 8.56 Å². The third kappa shape index (κ3) is 9.73. The second kappa shape index (κ2) is 10.0. The van der Waals surface area contributed by atoms with Crippen molar-refractivity contribution in [1.29, 1.82) is 0 Å². The standard InChI is InChI=1S/C9H22O2Si.C3H6O2/c1-5-6-7-8-9-12(4,10-2)11-3;4-1-3-2-5-3/h5-9H2,1-4H3;3-4H,1-2H2. The third-order valence-electron chi connectivity index (χ3n) is 2.95. The zero-order chi connectivity index (χ0) is 13.1. The van der Waals surface area contributed by atoms with Gasteiger partial charge in [-0.25, -0.2) is 0 Å². The highest BCUT2D eigenvalue weighted by molar-refractivity contribution is 6.65. The topological polar surface area (TPSA) is 51.2 Å². The van der Waals surface area contributed by atoms with Gasteiger partial charge in [-0.3, -0.25) is 0 Å². The average molecular weight is 264 g/mol. The first-order chi connectivity index (χ1) is 8.11. The fraction of sp³-hybridized carbons (Fsp3) is 1.00. The van der Waals surface area contributed by atoms with E-state index >= 15 is 0 Å². The summed E-state index contributed by atoms with van der Waals surface area (Å²) < 4.78 is 15.4. The Balaban J connectivity index is 0.000000419. The van der Waals surface area contributed by atoms with Crippen molar-refractivity contribution < 1.29 is 18.7 Å². The normalized spacial score (nSPS) is 18.5. The maximum absolute atomic E-state index is 8.08. The number of epoxide rings is 1. The number of ether oxygens (including phenoxy) is 1. The van der Waals surface area contributed by atoms with Crippen molar-refractivity contribution in [3.8, 4) is 0 Å². The van der Waals surface area contributed by atoms with Crippen LogP contribution in [0.4, 0.5) is 0 Å². The molecule has 1 aliphatic rings. The van der Waals surface area contributed by atoms with Crippen LogP contribution in [0, 0.1) is 0 Å². The molecule has 1 fully saturated rings. The molecule has 1 unspecified atom stereocenters. The van der Waals surface area contributed by atoms with Crippen LogP contribution in [0.1, 0.15) is 32.6 Å². The summed E-state index contributed by atoms with van der Waals surface area (Å²) >= 11 is 0. The first-order valence-corrected chi connectivity index (χ1v) is 8.97. The highest BCUT2D eigenvalue weighted by Gasteiger charge is 2.27. The van der Waals surface area contributed by atoms with Gasteiger partial charge in [-0.1, -0.05) is 32.6 Å². The smallest absolute Gasteiger partial charge is 0.334 e. The fourth-order valence-corrected chi connectivity index (χ4v) is 2.80. The maximum atomic E-state index is 8.08. The van der Waals surface area contributed by atoms with Gasteiger partial charge in [0.1, 0.15) is 6.10 Å². The number of rotatable bonds is 8. The first kappa shape index (κ1) is 17.1. The SMILES string of the molecule is CCCCCC[Si](C)(OC)OC.OCC1CO1. The molecule has 0 bridgehead atoms. The lowest BCUT2D eigenvalue weighted by molar-refractivity contribution is 0.244. The van der Waals surface area contributed by atoms with Crippen LogP contribution >= 0.6 is 0 Å². The maximum Gasteiger partial charge on any atom is 0.334 e. The van der Waals surface area contributed by atoms with Gasteiger partial charge in [-0.15, -0.1) is 0 Å². The van der Waals surface area contributed by atoms with E-state index in [1.807, 2.05) is 0 Å². The molecule has 0 amide bonds. The number of hydrogen-bond donors (Lipinski definition) is 1. The molecule has 0 aromatic heterocycles. The summed E-state index contributed by atoms with van der Waals surface area (Å²) in [6.45, 7) is 5.30. The van der Waals surface area contributed by atoms with Crippen molar-refractivity contribution in [2.45, 2.75) is 51.3 Å². The minimum absolute atomic E-state index is 0.190. The van der Waals surface area contributed by atoms with Crippen molar-refractivity contribution in [2.24, 2.45) is 0 Å². The summed E-state index contributed by atoms with van der Waals surface area (Å²) in [6, 6.07) is 1.12. The summed E-state index contributed by atoms with van der Waals surface area (Å²) in [5.74, 6) is 0. The zero-order valence-corrected chi connectivity index (χ0v) is 12.7. The number of unbranched alkanes of at least 4 members (excludes halogenated alkanes) is 3. The molecule has 1 saturated heterocycles.